The van der Waals surface area contributed by atoms with Crippen molar-refractivity contribution in [1.82, 2.24) is 24.8 Å². The van der Waals surface area contributed by atoms with Crippen LogP contribution in [-0.4, -0.2) is 43.1 Å². The van der Waals surface area contributed by atoms with Gasteiger partial charge in [-0.25, -0.2) is 9.78 Å². The quantitative estimate of drug-likeness (QED) is 0.720. The second-order valence-electron chi connectivity index (χ2n) is 7.35. The molecule has 0 saturated heterocycles. The molecule has 158 valence electrons. The first kappa shape index (κ1) is 22.4. The van der Waals surface area contributed by atoms with E-state index in [4.69, 9.17) is 9.90 Å². The van der Waals surface area contributed by atoms with E-state index in [-0.39, 0.29) is 18.5 Å². The molecular formula is C21H31N5O3. The molecule has 2 aromatic rings. The number of carboxylic acid groups (broad SMARTS) is 1. The fraction of sp³-hybridized carbons (Fsp3) is 0.524. The fourth-order valence-corrected chi connectivity index (χ4v) is 3.63. The van der Waals surface area contributed by atoms with Crippen molar-refractivity contribution in [1.29, 1.82) is 0 Å². The van der Waals surface area contributed by atoms with Gasteiger partial charge in [0.1, 0.15) is 5.82 Å². The number of amides is 2. The summed E-state index contributed by atoms with van der Waals surface area (Å²) in [4.78, 5) is 32.1. The van der Waals surface area contributed by atoms with Crippen LogP contribution in [0.1, 0.15) is 63.5 Å². The summed E-state index contributed by atoms with van der Waals surface area (Å²) in [5.41, 5.74) is 0.928. The number of nitrogens with one attached hydrogen (secondary N) is 1. The molecule has 2 aromatic heterocycles. The monoisotopic (exact) mass is 401 g/mol. The Balaban J connectivity index is 0.000000941. The lowest BCUT2D eigenvalue weighted by molar-refractivity contribution is -0.122. The van der Waals surface area contributed by atoms with E-state index in [1.807, 2.05) is 29.3 Å². The van der Waals surface area contributed by atoms with Gasteiger partial charge in [0.2, 0.25) is 0 Å². The van der Waals surface area contributed by atoms with Crippen molar-refractivity contribution in [2.45, 2.75) is 71.1 Å². The lowest BCUT2D eigenvalue weighted by Crippen LogP contribution is -2.46. The molecule has 0 spiro atoms. The Morgan fingerprint density at radius 1 is 1.28 bits per heavy atom. The van der Waals surface area contributed by atoms with Crippen LogP contribution >= 0.6 is 0 Å². The predicted molar refractivity (Wildman–Crippen MR) is 110 cm³/mol. The van der Waals surface area contributed by atoms with Crippen LogP contribution in [0.25, 0.3) is 0 Å². The number of urea groups is 1. The highest BCUT2D eigenvalue weighted by atomic mass is 16.3. The average Bonchev–Trinajstić information content (AvgIpc) is 3.21. The van der Waals surface area contributed by atoms with Crippen LogP contribution < -0.4 is 5.32 Å². The van der Waals surface area contributed by atoms with Crippen LogP contribution in [-0.2, 0) is 17.9 Å². The van der Waals surface area contributed by atoms with Crippen LogP contribution in [0.5, 0.6) is 0 Å². The smallest absolute Gasteiger partial charge is 0.318 e. The van der Waals surface area contributed by atoms with Gasteiger partial charge in [-0.05, 0) is 38.8 Å². The number of pyridine rings is 1. The van der Waals surface area contributed by atoms with Crippen molar-refractivity contribution >= 4 is 12.5 Å². The third kappa shape index (κ3) is 6.89. The Morgan fingerprint density at radius 2 is 2.00 bits per heavy atom. The van der Waals surface area contributed by atoms with E-state index in [9.17, 15) is 4.79 Å². The topological polar surface area (TPSA) is 100 Å². The third-order valence-corrected chi connectivity index (χ3v) is 5.04. The Morgan fingerprint density at radius 3 is 2.62 bits per heavy atom. The van der Waals surface area contributed by atoms with Gasteiger partial charge in [0.05, 0.1) is 18.8 Å². The fourth-order valence-electron chi connectivity index (χ4n) is 3.63. The van der Waals surface area contributed by atoms with Crippen molar-refractivity contribution in [3.05, 3.63) is 48.3 Å². The molecule has 0 atom stereocenters. The molecule has 1 fully saturated rings. The average molecular weight is 402 g/mol. The molecule has 8 heteroatoms. The van der Waals surface area contributed by atoms with Gasteiger partial charge in [-0.3, -0.25) is 9.78 Å². The van der Waals surface area contributed by atoms with Gasteiger partial charge in [-0.1, -0.05) is 25.3 Å². The number of hydrogen-bond acceptors (Lipinski definition) is 4. The zero-order chi connectivity index (χ0) is 21.1. The lowest BCUT2D eigenvalue weighted by Gasteiger charge is -2.34. The lowest BCUT2D eigenvalue weighted by atomic mass is 9.94. The number of nitrogens with zero attached hydrogens (tertiary/aromatic N) is 4. The SMILES string of the molecule is CC(C)n1ccnc1CNC(=O)N(Cc1ccccn1)C1CCCCC1.O=CO. The summed E-state index contributed by atoms with van der Waals surface area (Å²) in [5.74, 6) is 0.884. The molecule has 0 bridgehead atoms. The number of aromatic nitrogens is 3. The standard InChI is InChI=1S/C20H29N5O.CH2O2/c1-16(2)24-13-12-22-19(24)14-23-20(26)25(18-9-4-3-5-10-18)15-17-8-6-7-11-21-17;2-1-3/h6-8,11-13,16,18H,3-5,9-10,14-15H2,1-2H3,(H,23,26);1H,(H,2,3). The summed E-state index contributed by atoms with van der Waals surface area (Å²) in [5, 5.41) is 9.96. The van der Waals surface area contributed by atoms with E-state index < -0.39 is 0 Å². The molecule has 1 aliphatic rings. The number of hydrogen-bond donors (Lipinski definition) is 2. The Hall–Kier alpha value is -2.90. The highest BCUT2D eigenvalue weighted by molar-refractivity contribution is 5.74. The van der Waals surface area contributed by atoms with E-state index in [0.29, 0.717) is 19.1 Å². The predicted octanol–water partition coefficient (Wildman–Crippen LogP) is 3.60. The maximum Gasteiger partial charge on any atom is 0.318 e. The zero-order valence-electron chi connectivity index (χ0n) is 17.2. The molecule has 8 nitrogen and oxygen atoms in total. The summed E-state index contributed by atoms with van der Waals surface area (Å²) in [7, 11) is 0. The first-order chi connectivity index (χ1) is 14.1. The maximum absolute atomic E-state index is 13.0. The minimum Gasteiger partial charge on any atom is -0.483 e. The van der Waals surface area contributed by atoms with Crippen molar-refractivity contribution in [3.63, 3.8) is 0 Å². The molecule has 3 rings (SSSR count). The second kappa shape index (κ2) is 11.8. The third-order valence-electron chi connectivity index (χ3n) is 5.04. The van der Waals surface area contributed by atoms with E-state index in [1.54, 1.807) is 12.4 Å². The Labute approximate surface area is 172 Å². The minimum atomic E-state index is -0.250. The van der Waals surface area contributed by atoms with Crippen LogP contribution in [0.4, 0.5) is 4.79 Å². The van der Waals surface area contributed by atoms with Crippen LogP contribution in [0.15, 0.2) is 36.8 Å². The van der Waals surface area contributed by atoms with E-state index in [2.05, 4.69) is 33.7 Å². The molecule has 0 unspecified atom stereocenters. The molecular weight excluding hydrogens is 370 g/mol. The summed E-state index contributed by atoms with van der Waals surface area (Å²) >= 11 is 0. The van der Waals surface area contributed by atoms with E-state index in [0.717, 1.165) is 24.4 Å². The van der Waals surface area contributed by atoms with Crippen molar-refractivity contribution < 1.29 is 14.7 Å². The first-order valence-corrected chi connectivity index (χ1v) is 10.1. The molecule has 1 aliphatic carbocycles. The first-order valence-electron chi connectivity index (χ1n) is 10.1. The largest absolute Gasteiger partial charge is 0.483 e. The normalized spacial score (nSPS) is 14.0. The number of rotatable bonds is 6. The van der Waals surface area contributed by atoms with Crippen LogP contribution in [0, 0.1) is 0 Å². The van der Waals surface area contributed by atoms with Gasteiger partial charge in [-0.2, -0.15) is 0 Å². The molecule has 2 heterocycles. The molecule has 29 heavy (non-hydrogen) atoms. The molecule has 0 radical (unpaired) electrons. The highest BCUT2D eigenvalue weighted by Gasteiger charge is 2.26. The Bertz CT molecular complexity index is 742. The minimum absolute atomic E-state index is 0.0270. The summed E-state index contributed by atoms with van der Waals surface area (Å²) in [6.45, 7) is 4.97. The summed E-state index contributed by atoms with van der Waals surface area (Å²) in [6.07, 6.45) is 11.3. The number of carbonyl (C=O) groups excluding carboxylic acids is 1. The zero-order valence-corrected chi connectivity index (χ0v) is 17.2. The van der Waals surface area contributed by atoms with Crippen LogP contribution in [0.2, 0.25) is 0 Å². The molecule has 0 aliphatic heterocycles. The number of carbonyl (C=O) groups is 2. The van der Waals surface area contributed by atoms with Gasteiger partial charge in [0.15, 0.2) is 0 Å². The van der Waals surface area contributed by atoms with Crippen molar-refractivity contribution in [2.75, 3.05) is 0 Å². The number of imidazole rings is 1. The summed E-state index contributed by atoms with van der Waals surface area (Å²) in [6, 6.07) is 6.44. The summed E-state index contributed by atoms with van der Waals surface area (Å²) < 4.78 is 2.09. The van der Waals surface area contributed by atoms with Gasteiger partial charge in [-0.15, -0.1) is 0 Å². The molecule has 2 N–H and O–H groups in total. The highest BCUT2D eigenvalue weighted by Crippen LogP contribution is 2.24. The van der Waals surface area contributed by atoms with Gasteiger partial charge >= 0.3 is 6.03 Å². The Kier molecular flexibility index (Phi) is 9.14. The molecule has 2 amide bonds. The maximum atomic E-state index is 13.0. The van der Waals surface area contributed by atoms with E-state index in [1.165, 1.54) is 19.3 Å². The van der Waals surface area contributed by atoms with Gasteiger partial charge < -0.3 is 19.9 Å². The van der Waals surface area contributed by atoms with Crippen molar-refractivity contribution in [3.8, 4) is 0 Å². The molecule has 1 saturated carbocycles. The van der Waals surface area contributed by atoms with Gasteiger partial charge in [0, 0.05) is 30.7 Å². The molecule has 0 aromatic carbocycles. The van der Waals surface area contributed by atoms with E-state index >= 15 is 0 Å². The van der Waals surface area contributed by atoms with Crippen molar-refractivity contribution in [2.24, 2.45) is 0 Å². The second-order valence-corrected chi connectivity index (χ2v) is 7.35. The van der Waals surface area contributed by atoms with Gasteiger partial charge in [0.25, 0.3) is 6.47 Å². The van der Waals surface area contributed by atoms with Crippen LogP contribution in [0.3, 0.4) is 0 Å².